The molecule has 0 aromatic carbocycles. The second kappa shape index (κ2) is 9.17. The van der Waals surface area contributed by atoms with Crippen LogP contribution in [0.1, 0.15) is 41.5 Å². The molecular weight excluding hydrogens is 476 g/mol. The number of carbonyl (C=O) groups is 6. The van der Waals surface area contributed by atoms with E-state index in [4.69, 9.17) is 9.47 Å². The van der Waals surface area contributed by atoms with E-state index in [9.17, 15) is 28.8 Å². The van der Waals surface area contributed by atoms with Crippen LogP contribution in [0.5, 0.6) is 0 Å². The number of amides is 6. The van der Waals surface area contributed by atoms with E-state index in [2.05, 4.69) is 0 Å². The molecule has 14 nitrogen and oxygen atoms in total. The second-order valence-electron chi connectivity index (χ2n) is 8.73. The molecule has 5 heterocycles. The number of hydrogen-bond acceptors (Lipinski definition) is 8. The van der Waals surface area contributed by atoms with E-state index in [1.807, 2.05) is 0 Å². The van der Waals surface area contributed by atoms with Crippen molar-refractivity contribution in [2.24, 2.45) is 0 Å². The highest BCUT2D eigenvalue weighted by molar-refractivity contribution is 5.92. The maximum atomic E-state index is 13.6. The minimum atomic E-state index is -1.14. The molecule has 3 saturated heterocycles. The Morgan fingerprint density at radius 1 is 0.556 bits per heavy atom. The van der Waals surface area contributed by atoms with Gasteiger partial charge in [0.1, 0.15) is 13.2 Å². The summed E-state index contributed by atoms with van der Waals surface area (Å²) in [6.45, 7) is 8.17. The van der Waals surface area contributed by atoms with Crippen molar-refractivity contribution in [3.63, 3.8) is 0 Å². The number of ether oxygens (including phenoxy) is 2. The molecule has 5 rings (SSSR count). The van der Waals surface area contributed by atoms with Gasteiger partial charge in [0.2, 0.25) is 23.6 Å². The summed E-state index contributed by atoms with van der Waals surface area (Å²) in [6.07, 6.45) is -4.58. The van der Waals surface area contributed by atoms with E-state index in [0.717, 1.165) is 0 Å². The van der Waals surface area contributed by atoms with Crippen LogP contribution in [0.15, 0.2) is 11.6 Å². The number of piperazine rings is 1. The van der Waals surface area contributed by atoms with Crippen molar-refractivity contribution >= 4 is 35.4 Å². The Kier molecular flexibility index (Phi) is 6.51. The average Bonchev–Trinajstić information content (AvgIpc) is 3.25. The van der Waals surface area contributed by atoms with Gasteiger partial charge < -0.3 is 9.47 Å². The standard InChI is InChI=1S/C22H30N6O8/c1-7-35-9-15(33)27-19-21-25(13(5)31)17(23(19)11(3)29)18-24(12(4)30)20(27)22(26(18)14(6)32)28(21)16(34)10-36-8-2/h19-22H,7-10H2,1-6H3. The Labute approximate surface area is 207 Å². The maximum Gasteiger partial charge on any atom is 0.252 e. The molecule has 4 atom stereocenters. The van der Waals surface area contributed by atoms with Crippen molar-refractivity contribution in [2.45, 2.75) is 66.2 Å². The van der Waals surface area contributed by atoms with Gasteiger partial charge in [0.25, 0.3) is 11.8 Å². The predicted molar refractivity (Wildman–Crippen MR) is 119 cm³/mol. The molecule has 6 bridgehead atoms. The Bertz CT molecular complexity index is 933. The normalized spacial score (nSPS) is 25.8. The molecule has 6 amide bonds. The molecule has 3 fully saturated rings. The van der Waals surface area contributed by atoms with Crippen LogP contribution in [0.2, 0.25) is 0 Å². The first-order chi connectivity index (χ1) is 17.0. The van der Waals surface area contributed by atoms with E-state index in [1.54, 1.807) is 13.8 Å². The number of nitrogens with zero attached hydrogens (tertiary/aromatic N) is 6. The summed E-state index contributed by atoms with van der Waals surface area (Å²) in [5.74, 6) is -3.34. The van der Waals surface area contributed by atoms with Crippen LogP contribution >= 0.6 is 0 Å². The van der Waals surface area contributed by atoms with Crippen LogP contribution in [0.4, 0.5) is 0 Å². The summed E-state index contributed by atoms with van der Waals surface area (Å²) in [6, 6.07) is 0. The van der Waals surface area contributed by atoms with Crippen LogP contribution in [-0.4, -0.2) is 116 Å². The van der Waals surface area contributed by atoms with Crippen molar-refractivity contribution in [3.05, 3.63) is 11.6 Å². The van der Waals surface area contributed by atoms with Crippen LogP contribution in [-0.2, 0) is 38.2 Å². The van der Waals surface area contributed by atoms with Gasteiger partial charge in [-0.3, -0.25) is 58.2 Å². The van der Waals surface area contributed by atoms with Crippen molar-refractivity contribution in [1.29, 1.82) is 0 Å². The molecular formula is C22H30N6O8. The third kappa shape index (κ3) is 3.38. The molecule has 0 saturated carbocycles. The molecule has 0 aromatic heterocycles. The topological polar surface area (TPSA) is 140 Å². The van der Waals surface area contributed by atoms with Crippen LogP contribution in [0.25, 0.3) is 0 Å². The van der Waals surface area contributed by atoms with Gasteiger partial charge in [0.05, 0.1) is 0 Å². The van der Waals surface area contributed by atoms with Gasteiger partial charge in [0, 0.05) is 40.9 Å². The summed E-state index contributed by atoms with van der Waals surface area (Å²) < 4.78 is 10.7. The summed E-state index contributed by atoms with van der Waals surface area (Å²) >= 11 is 0. The van der Waals surface area contributed by atoms with E-state index in [1.165, 1.54) is 57.1 Å². The first-order valence-electron chi connectivity index (χ1n) is 11.7. The largest absolute Gasteiger partial charge is 0.372 e. The SMILES string of the molecule is CCOCC(=O)N1C2C3N(C(C)=O)C(=C4N(C(C)=O)C1C(N4C(C)=O)N3C(=O)COCC)N2C(C)=O. The van der Waals surface area contributed by atoms with Crippen molar-refractivity contribution < 1.29 is 38.2 Å². The fourth-order valence-corrected chi connectivity index (χ4v) is 5.54. The molecule has 5 aliphatic heterocycles. The van der Waals surface area contributed by atoms with Crippen LogP contribution < -0.4 is 0 Å². The third-order valence-corrected chi connectivity index (χ3v) is 6.64. The summed E-state index contributed by atoms with van der Waals surface area (Å²) in [5.41, 5.74) is 0. The maximum absolute atomic E-state index is 13.6. The molecule has 196 valence electrons. The first-order valence-corrected chi connectivity index (χ1v) is 11.7. The molecule has 0 spiro atoms. The molecule has 0 radical (unpaired) electrons. The monoisotopic (exact) mass is 506 g/mol. The van der Waals surface area contributed by atoms with Gasteiger partial charge in [-0.1, -0.05) is 0 Å². The molecule has 4 unspecified atom stereocenters. The number of carbonyl (C=O) groups excluding carboxylic acids is 6. The lowest BCUT2D eigenvalue weighted by molar-refractivity contribution is -0.193. The Balaban J connectivity index is 2.07. The van der Waals surface area contributed by atoms with E-state index < -0.39 is 60.1 Å². The zero-order valence-corrected chi connectivity index (χ0v) is 21.1. The summed E-state index contributed by atoms with van der Waals surface area (Å²) in [5, 5.41) is 0. The van der Waals surface area contributed by atoms with Crippen LogP contribution in [0.3, 0.4) is 0 Å². The third-order valence-electron chi connectivity index (χ3n) is 6.64. The molecule has 0 aromatic rings. The van der Waals surface area contributed by atoms with Gasteiger partial charge in [-0.15, -0.1) is 0 Å². The molecule has 14 heteroatoms. The van der Waals surface area contributed by atoms with Gasteiger partial charge in [-0.25, -0.2) is 0 Å². The number of hydrogen-bond donors (Lipinski definition) is 0. The van der Waals surface area contributed by atoms with Crippen molar-refractivity contribution in [3.8, 4) is 0 Å². The molecule has 0 aliphatic carbocycles. The second-order valence-corrected chi connectivity index (χ2v) is 8.73. The van der Waals surface area contributed by atoms with Crippen LogP contribution in [0, 0.1) is 0 Å². The predicted octanol–water partition coefficient (Wildman–Crippen LogP) is -1.40. The zero-order valence-electron chi connectivity index (χ0n) is 21.1. The molecule has 5 aliphatic rings. The van der Waals surface area contributed by atoms with Gasteiger partial charge >= 0.3 is 0 Å². The smallest absolute Gasteiger partial charge is 0.252 e. The Morgan fingerprint density at radius 2 is 0.806 bits per heavy atom. The van der Waals surface area contributed by atoms with Gasteiger partial charge in [-0.2, -0.15) is 0 Å². The minimum Gasteiger partial charge on any atom is -0.372 e. The number of rotatable bonds is 6. The fourth-order valence-electron chi connectivity index (χ4n) is 5.54. The highest BCUT2D eigenvalue weighted by Gasteiger charge is 2.72. The van der Waals surface area contributed by atoms with Gasteiger partial charge in [0.15, 0.2) is 36.3 Å². The molecule has 36 heavy (non-hydrogen) atoms. The Hall–Kier alpha value is -3.52. The minimum absolute atomic E-state index is 0.0266. The van der Waals surface area contributed by atoms with E-state index in [-0.39, 0.29) is 38.1 Å². The van der Waals surface area contributed by atoms with Crippen molar-refractivity contribution in [2.75, 3.05) is 26.4 Å². The van der Waals surface area contributed by atoms with Gasteiger partial charge in [-0.05, 0) is 13.8 Å². The lowest BCUT2D eigenvalue weighted by atomic mass is 10.1. The van der Waals surface area contributed by atoms with E-state index in [0.29, 0.717) is 0 Å². The highest BCUT2D eigenvalue weighted by Crippen LogP contribution is 2.53. The fraction of sp³-hybridized carbons (Fsp3) is 0.636. The van der Waals surface area contributed by atoms with E-state index >= 15 is 0 Å². The lowest BCUT2D eigenvalue weighted by Gasteiger charge is -2.53. The quantitative estimate of drug-likeness (QED) is 0.428. The summed E-state index contributed by atoms with van der Waals surface area (Å²) in [4.78, 5) is 86.7. The highest BCUT2D eigenvalue weighted by atomic mass is 16.5. The average molecular weight is 507 g/mol. The van der Waals surface area contributed by atoms with Crippen molar-refractivity contribution in [1.82, 2.24) is 29.4 Å². The summed E-state index contributed by atoms with van der Waals surface area (Å²) in [7, 11) is 0. The first kappa shape index (κ1) is 25.6. The lowest BCUT2D eigenvalue weighted by Crippen LogP contribution is -2.77. The Morgan fingerprint density at radius 3 is 1.00 bits per heavy atom. The molecule has 0 N–H and O–H groups in total. The zero-order chi connectivity index (χ0) is 26.6.